The van der Waals surface area contributed by atoms with Crippen LogP contribution in [0.15, 0.2) is 42.9 Å². The number of aromatic nitrogens is 3. The van der Waals surface area contributed by atoms with Crippen molar-refractivity contribution in [1.29, 1.82) is 5.26 Å². The maximum absolute atomic E-state index is 8.97. The molecular weight excluding hydrogens is 248 g/mol. The van der Waals surface area contributed by atoms with Crippen LogP contribution in [0.25, 0.3) is 16.9 Å². The standard InChI is InChI=1S/C13H7ClN4/c14-12-9(7-15)5-6-16-13(12)18-8-17-10-3-1-2-4-11(10)18/h1-6,8H. The van der Waals surface area contributed by atoms with Crippen molar-refractivity contribution >= 4 is 22.6 Å². The molecule has 4 nitrogen and oxygen atoms in total. The highest BCUT2D eigenvalue weighted by molar-refractivity contribution is 6.33. The first-order chi connectivity index (χ1) is 8.81. The van der Waals surface area contributed by atoms with E-state index in [9.17, 15) is 0 Å². The van der Waals surface area contributed by atoms with E-state index < -0.39 is 0 Å². The molecule has 0 saturated carbocycles. The van der Waals surface area contributed by atoms with Gasteiger partial charge < -0.3 is 0 Å². The third kappa shape index (κ3) is 1.53. The summed E-state index contributed by atoms with van der Waals surface area (Å²) in [5.41, 5.74) is 2.17. The number of hydrogen-bond acceptors (Lipinski definition) is 3. The molecule has 18 heavy (non-hydrogen) atoms. The van der Waals surface area contributed by atoms with Gasteiger partial charge >= 0.3 is 0 Å². The van der Waals surface area contributed by atoms with E-state index in [-0.39, 0.29) is 0 Å². The Kier molecular flexibility index (Phi) is 2.47. The fourth-order valence-corrected chi connectivity index (χ4v) is 2.06. The van der Waals surface area contributed by atoms with E-state index in [4.69, 9.17) is 16.9 Å². The van der Waals surface area contributed by atoms with E-state index >= 15 is 0 Å². The maximum Gasteiger partial charge on any atom is 0.158 e. The zero-order valence-electron chi connectivity index (χ0n) is 9.21. The van der Waals surface area contributed by atoms with E-state index in [2.05, 4.69) is 9.97 Å². The van der Waals surface area contributed by atoms with Crippen LogP contribution < -0.4 is 0 Å². The molecule has 2 heterocycles. The minimum absolute atomic E-state index is 0.336. The Bertz CT molecular complexity index is 770. The Morgan fingerprint density at radius 2 is 2.00 bits per heavy atom. The lowest BCUT2D eigenvalue weighted by Gasteiger charge is -2.06. The first-order valence-corrected chi connectivity index (χ1v) is 5.66. The van der Waals surface area contributed by atoms with Crippen LogP contribution in [-0.4, -0.2) is 14.5 Å². The number of rotatable bonds is 1. The summed E-state index contributed by atoms with van der Waals surface area (Å²) in [6.45, 7) is 0. The van der Waals surface area contributed by atoms with Gasteiger partial charge in [-0.2, -0.15) is 5.26 Å². The van der Waals surface area contributed by atoms with Crippen LogP contribution in [0.1, 0.15) is 5.56 Å². The molecule has 0 N–H and O–H groups in total. The number of hydrogen-bond donors (Lipinski definition) is 0. The van der Waals surface area contributed by atoms with Crippen LogP contribution in [0.5, 0.6) is 0 Å². The molecule has 0 bridgehead atoms. The van der Waals surface area contributed by atoms with Gasteiger partial charge in [0.15, 0.2) is 5.82 Å². The summed E-state index contributed by atoms with van der Waals surface area (Å²) < 4.78 is 1.78. The monoisotopic (exact) mass is 254 g/mol. The smallest absolute Gasteiger partial charge is 0.158 e. The molecule has 0 aliphatic heterocycles. The first-order valence-electron chi connectivity index (χ1n) is 5.28. The fourth-order valence-electron chi connectivity index (χ4n) is 1.81. The highest BCUT2D eigenvalue weighted by atomic mass is 35.5. The van der Waals surface area contributed by atoms with Crippen LogP contribution in [0, 0.1) is 11.3 Å². The molecule has 5 heteroatoms. The van der Waals surface area contributed by atoms with Crippen molar-refractivity contribution in [3.63, 3.8) is 0 Å². The second-order valence-electron chi connectivity index (χ2n) is 3.71. The van der Waals surface area contributed by atoms with Crippen LogP contribution >= 0.6 is 11.6 Å². The zero-order chi connectivity index (χ0) is 12.5. The molecule has 0 fully saturated rings. The van der Waals surface area contributed by atoms with Crippen molar-refractivity contribution in [3.8, 4) is 11.9 Å². The number of benzene rings is 1. The second kappa shape index (κ2) is 4.13. The summed E-state index contributed by atoms with van der Waals surface area (Å²) in [4.78, 5) is 8.49. The van der Waals surface area contributed by atoms with Crippen LogP contribution in [0.4, 0.5) is 0 Å². The van der Waals surface area contributed by atoms with Crippen LogP contribution in [0.3, 0.4) is 0 Å². The topological polar surface area (TPSA) is 54.5 Å². The molecular formula is C13H7ClN4. The minimum Gasteiger partial charge on any atom is -0.282 e. The SMILES string of the molecule is N#Cc1ccnc(-n2cnc3ccccc32)c1Cl. The van der Waals surface area contributed by atoms with Gasteiger partial charge in [-0.05, 0) is 18.2 Å². The van der Waals surface area contributed by atoms with Gasteiger partial charge in [-0.25, -0.2) is 9.97 Å². The molecule has 0 saturated heterocycles. The predicted molar refractivity (Wildman–Crippen MR) is 68.6 cm³/mol. The summed E-state index contributed by atoms with van der Waals surface area (Å²) >= 11 is 6.17. The van der Waals surface area contributed by atoms with Gasteiger partial charge in [0.25, 0.3) is 0 Å². The van der Waals surface area contributed by atoms with Gasteiger partial charge in [-0.1, -0.05) is 23.7 Å². The first kappa shape index (κ1) is 10.8. The van der Waals surface area contributed by atoms with Crippen LogP contribution in [-0.2, 0) is 0 Å². The number of imidazole rings is 1. The average Bonchev–Trinajstić information content (AvgIpc) is 2.83. The molecule has 0 aliphatic rings. The lowest BCUT2D eigenvalue weighted by atomic mass is 10.2. The van der Waals surface area contributed by atoms with Crippen molar-refractivity contribution in [2.24, 2.45) is 0 Å². The van der Waals surface area contributed by atoms with E-state index in [0.717, 1.165) is 11.0 Å². The number of nitriles is 1. The van der Waals surface area contributed by atoms with E-state index in [1.165, 1.54) is 0 Å². The highest BCUT2D eigenvalue weighted by Crippen LogP contribution is 2.25. The lowest BCUT2D eigenvalue weighted by Crippen LogP contribution is -1.98. The number of pyridine rings is 1. The molecule has 2 aromatic heterocycles. The summed E-state index contributed by atoms with van der Waals surface area (Å²) in [6.07, 6.45) is 3.22. The van der Waals surface area contributed by atoms with E-state index in [1.807, 2.05) is 30.3 Å². The van der Waals surface area contributed by atoms with Crippen molar-refractivity contribution in [2.45, 2.75) is 0 Å². The van der Waals surface area contributed by atoms with Gasteiger partial charge in [-0.15, -0.1) is 0 Å². The van der Waals surface area contributed by atoms with E-state index in [1.54, 1.807) is 23.2 Å². The van der Waals surface area contributed by atoms with Gasteiger partial charge in [0.1, 0.15) is 17.4 Å². The van der Waals surface area contributed by atoms with Crippen molar-refractivity contribution in [2.75, 3.05) is 0 Å². The molecule has 0 spiro atoms. The zero-order valence-corrected chi connectivity index (χ0v) is 9.96. The number of nitrogens with zero attached hydrogens (tertiary/aromatic N) is 4. The minimum atomic E-state index is 0.336. The number of fused-ring (bicyclic) bond motifs is 1. The van der Waals surface area contributed by atoms with Crippen molar-refractivity contribution in [1.82, 2.24) is 14.5 Å². The molecule has 3 aromatic rings. The molecule has 3 rings (SSSR count). The summed E-state index contributed by atoms with van der Waals surface area (Å²) in [6, 6.07) is 11.3. The molecule has 0 radical (unpaired) electrons. The largest absolute Gasteiger partial charge is 0.282 e. The molecule has 0 aliphatic carbocycles. The van der Waals surface area contributed by atoms with Crippen molar-refractivity contribution in [3.05, 3.63) is 53.4 Å². The Balaban J connectivity index is 2.31. The van der Waals surface area contributed by atoms with Crippen LogP contribution in [0.2, 0.25) is 5.02 Å². The maximum atomic E-state index is 8.97. The van der Waals surface area contributed by atoms with Gasteiger partial charge in [0, 0.05) is 6.20 Å². The molecule has 0 amide bonds. The predicted octanol–water partition coefficient (Wildman–Crippen LogP) is 2.95. The number of halogens is 1. The van der Waals surface area contributed by atoms with E-state index in [0.29, 0.717) is 16.4 Å². The molecule has 0 atom stereocenters. The third-order valence-electron chi connectivity index (χ3n) is 2.67. The third-order valence-corrected chi connectivity index (χ3v) is 3.05. The molecule has 86 valence electrons. The Labute approximate surface area is 108 Å². The van der Waals surface area contributed by atoms with Crippen molar-refractivity contribution < 1.29 is 0 Å². The second-order valence-corrected chi connectivity index (χ2v) is 4.09. The average molecular weight is 255 g/mol. The Morgan fingerprint density at radius 1 is 1.17 bits per heavy atom. The summed E-state index contributed by atoms with van der Waals surface area (Å²) in [5, 5.41) is 9.30. The van der Waals surface area contributed by atoms with Gasteiger partial charge in [-0.3, -0.25) is 4.57 Å². The Hall–Kier alpha value is -2.38. The molecule has 1 aromatic carbocycles. The van der Waals surface area contributed by atoms with Gasteiger partial charge in [0.2, 0.25) is 0 Å². The fraction of sp³-hybridized carbons (Fsp3) is 0. The summed E-state index contributed by atoms with van der Waals surface area (Å²) in [5.74, 6) is 0.518. The lowest BCUT2D eigenvalue weighted by molar-refractivity contribution is 1.02. The van der Waals surface area contributed by atoms with Gasteiger partial charge in [0.05, 0.1) is 16.6 Å². The quantitative estimate of drug-likeness (QED) is 0.671. The number of para-hydroxylation sites is 2. The summed E-state index contributed by atoms with van der Waals surface area (Å²) in [7, 11) is 0. The molecule has 0 unspecified atom stereocenters. The highest BCUT2D eigenvalue weighted by Gasteiger charge is 2.11. The Morgan fingerprint density at radius 3 is 2.83 bits per heavy atom. The normalized spacial score (nSPS) is 10.4.